The summed E-state index contributed by atoms with van der Waals surface area (Å²) in [6.07, 6.45) is 17.9. The fraction of sp³-hybridized carbons (Fsp3) is 0.952. The van der Waals surface area contributed by atoms with Crippen molar-refractivity contribution in [2.45, 2.75) is 121 Å². The second-order valence-corrected chi connectivity index (χ2v) is 10.7. The van der Waals surface area contributed by atoms with Crippen LogP contribution in [-0.2, 0) is 18.4 Å². The molecule has 1 aliphatic carbocycles. The number of ether oxygens (including phenoxy) is 1. The first-order valence-electron chi connectivity index (χ1n) is 11.3. The molecule has 2 unspecified atom stereocenters. The minimum atomic E-state index is -2.90. The van der Waals surface area contributed by atoms with Crippen LogP contribution in [0.15, 0.2) is 0 Å². The van der Waals surface area contributed by atoms with Gasteiger partial charge in [-0.25, -0.2) is 0 Å². The lowest BCUT2D eigenvalue weighted by Gasteiger charge is -2.19. The Kier molecular flexibility index (Phi) is 10.9. The third-order valence-electron chi connectivity index (χ3n) is 5.76. The third-order valence-corrected chi connectivity index (χ3v) is 8.08. The zero-order valence-electron chi connectivity index (χ0n) is 17.3. The Morgan fingerprint density at radius 1 is 0.852 bits per heavy atom. The number of esters is 1. The summed E-state index contributed by atoms with van der Waals surface area (Å²) in [7, 11) is -2.90. The molecule has 0 amide bonds. The molecule has 2 fully saturated rings. The van der Waals surface area contributed by atoms with E-state index in [1.54, 1.807) is 0 Å². The molecule has 5 nitrogen and oxygen atoms in total. The molecule has 0 aromatic heterocycles. The number of hydrogen-bond acceptors (Lipinski definition) is 5. The molecule has 6 heteroatoms. The van der Waals surface area contributed by atoms with Gasteiger partial charge in [0.1, 0.15) is 0 Å². The molecule has 0 aromatic carbocycles. The molecule has 1 N–H and O–H groups in total. The molecule has 0 aromatic rings. The molecular formula is C21H40O5Si. The number of carbonyl (C=O) groups is 1. The average Bonchev–Trinajstić information content (AvgIpc) is 2.91. The predicted octanol–water partition coefficient (Wildman–Crippen LogP) is 5.13. The normalized spacial score (nSPS) is 28.4. The van der Waals surface area contributed by atoms with Gasteiger partial charge in [0.25, 0.3) is 0 Å². The molecule has 2 aliphatic rings. The first kappa shape index (κ1) is 22.9. The fourth-order valence-electron chi connectivity index (χ4n) is 4.21. The molecular weight excluding hydrogens is 360 g/mol. The minimum Gasteiger partial charge on any atom is -0.466 e. The minimum absolute atomic E-state index is 0.155. The predicted molar refractivity (Wildman–Crippen MR) is 108 cm³/mol. The Labute approximate surface area is 166 Å². The first-order valence-corrected chi connectivity index (χ1v) is 13.3. The van der Waals surface area contributed by atoms with Crippen molar-refractivity contribution in [3.63, 3.8) is 0 Å². The molecule has 1 saturated heterocycles. The van der Waals surface area contributed by atoms with Gasteiger partial charge < -0.3 is 18.4 Å². The number of unbranched alkanes of at least 4 members (excludes halogenated alkanes) is 8. The molecule has 2 atom stereocenters. The Bertz CT molecular complexity index is 401. The van der Waals surface area contributed by atoms with Crippen LogP contribution >= 0.6 is 0 Å². The molecule has 158 valence electrons. The van der Waals surface area contributed by atoms with Gasteiger partial charge in [-0.05, 0) is 25.7 Å². The quantitative estimate of drug-likeness (QED) is 0.279. The maximum absolute atomic E-state index is 10.7. The van der Waals surface area contributed by atoms with E-state index in [2.05, 4.69) is 0 Å². The Morgan fingerprint density at radius 2 is 1.33 bits per heavy atom. The standard InChI is InChI=1S/C21H40O5Si/c1-19(22)24-17-13-9-5-3-2-4-6-10-14-18-27(23)25-20-15-11-7-8-12-16-21(20)26-27/h20-21,23H,2-18H2,1H3. The van der Waals surface area contributed by atoms with Gasteiger partial charge in [-0.2, -0.15) is 0 Å². The highest BCUT2D eigenvalue weighted by Gasteiger charge is 2.50. The maximum atomic E-state index is 10.7. The van der Waals surface area contributed by atoms with Gasteiger partial charge in [-0.3, -0.25) is 4.79 Å². The number of carbonyl (C=O) groups excluding carboxylic acids is 1. The second-order valence-electron chi connectivity index (χ2n) is 8.29. The van der Waals surface area contributed by atoms with Crippen LogP contribution in [0.4, 0.5) is 0 Å². The van der Waals surface area contributed by atoms with E-state index < -0.39 is 8.80 Å². The van der Waals surface area contributed by atoms with Gasteiger partial charge in [-0.15, -0.1) is 0 Å². The fourth-order valence-corrected chi connectivity index (χ4v) is 6.68. The van der Waals surface area contributed by atoms with Crippen molar-refractivity contribution in [2.24, 2.45) is 0 Å². The van der Waals surface area contributed by atoms with Crippen molar-refractivity contribution in [3.8, 4) is 0 Å². The monoisotopic (exact) mass is 400 g/mol. The number of hydrogen-bond donors (Lipinski definition) is 1. The van der Waals surface area contributed by atoms with E-state index in [-0.39, 0.29) is 18.2 Å². The van der Waals surface area contributed by atoms with Crippen molar-refractivity contribution in [2.75, 3.05) is 6.61 Å². The Morgan fingerprint density at radius 3 is 1.85 bits per heavy atom. The average molecular weight is 401 g/mol. The van der Waals surface area contributed by atoms with Crippen molar-refractivity contribution >= 4 is 14.8 Å². The molecule has 1 aliphatic heterocycles. The SMILES string of the molecule is CC(=O)OCCCCCCCCCCC[Si]1(O)OC2CCCCCCC2O1. The number of fused-ring (bicyclic) bond motifs is 1. The zero-order chi connectivity index (χ0) is 19.4. The lowest BCUT2D eigenvalue weighted by atomic mass is 9.96. The van der Waals surface area contributed by atoms with E-state index >= 15 is 0 Å². The van der Waals surface area contributed by atoms with Gasteiger partial charge in [0.2, 0.25) is 0 Å². The summed E-state index contributed by atoms with van der Waals surface area (Å²) in [6, 6.07) is 0.732. The van der Waals surface area contributed by atoms with Gasteiger partial charge in [0.15, 0.2) is 0 Å². The molecule has 0 bridgehead atoms. The van der Waals surface area contributed by atoms with E-state index in [4.69, 9.17) is 13.6 Å². The first-order chi connectivity index (χ1) is 13.1. The maximum Gasteiger partial charge on any atom is 0.498 e. The molecule has 0 spiro atoms. The van der Waals surface area contributed by atoms with Crippen molar-refractivity contribution < 1.29 is 23.2 Å². The van der Waals surface area contributed by atoms with Crippen LogP contribution in [0.5, 0.6) is 0 Å². The summed E-state index contributed by atoms with van der Waals surface area (Å²) in [5, 5.41) is 0. The Hall–Kier alpha value is -0.433. The summed E-state index contributed by atoms with van der Waals surface area (Å²) in [4.78, 5) is 21.4. The molecule has 2 rings (SSSR count). The van der Waals surface area contributed by atoms with E-state index in [1.165, 1.54) is 64.7 Å². The topological polar surface area (TPSA) is 65.0 Å². The summed E-state index contributed by atoms with van der Waals surface area (Å²) in [6.45, 7) is 2.02. The van der Waals surface area contributed by atoms with Crippen LogP contribution in [0, 0.1) is 0 Å². The van der Waals surface area contributed by atoms with Crippen LogP contribution in [0.2, 0.25) is 6.04 Å². The number of rotatable bonds is 12. The smallest absolute Gasteiger partial charge is 0.466 e. The molecule has 1 heterocycles. The van der Waals surface area contributed by atoms with Crippen LogP contribution < -0.4 is 0 Å². The summed E-state index contributed by atoms with van der Waals surface area (Å²) >= 11 is 0. The van der Waals surface area contributed by atoms with Crippen LogP contribution in [0.25, 0.3) is 0 Å². The van der Waals surface area contributed by atoms with E-state index in [9.17, 15) is 9.59 Å². The highest BCUT2D eigenvalue weighted by Crippen LogP contribution is 2.34. The lowest BCUT2D eigenvalue weighted by molar-refractivity contribution is -0.141. The largest absolute Gasteiger partial charge is 0.498 e. The highest BCUT2D eigenvalue weighted by atomic mass is 28.4. The van der Waals surface area contributed by atoms with Crippen LogP contribution in [0.1, 0.15) is 103 Å². The van der Waals surface area contributed by atoms with E-state index in [0.717, 1.165) is 44.6 Å². The van der Waals surface area contributed by atoms with Crippen molar-refractivity contribution in [3.05, 3.63) is 0 Å². The van der Waals surface area contributed by atoms with Gasteiger partial charge >= 0.3 is 14.8 Å². The van der Waals surface area contributed by atoms with E-state index in [0.29, 0.717) is 6.61 Å². The zero-order valence-corrected chi connectivity index (χ0v) is 18.3. The molecule has 1 saturated carbocycles. The third kappa shape index (κ3) is 9.55. The van der Waals surface area contributed by atoms with Gasteiger partial charge in [-0.1, -0.05) is 70.6 Å². The lowest BCUT2D eigenvalue weighted by Crippen LogP contribution is -2.37. The van der Waals surface area contributed by atoms with Crippen molar-refractivity contribution in [1.82, 2.24) is 0 Å². The Balaban J connectivity index is 1.43. The van der Waals surface area contributed by atoms with Crippen molar-refractivity contribution in [1.29, 1.82) is 0 Å². The van der Waals surface area contributed by atoms with Crippen LogP contribution in [-0.4, -0.2) is 38.4 Å². The molecule has 27 heavy (non-hydrogen) atoms. The summed E-state index contributed by atoms with van der Waals surface area (Å²) in [5.74, 6) is -0.180. The summed E-state index contributed by atoms with van der Waals surface area (Å²) < 4.78 is 17.0. The van der Waals surface area contributed by atoms with Gasteiger partial charge in [0, 0.05) is 13.0 Å². The molecule has 0 radical (unpaired) electrons. The highest BCUT2D eigenvalue weighted by molar-refractivity contribution is 6.59. The van der Waals surface area contributed by atoms with Gasteiger partial charge in [0.05, 0.1) is 18.8 Å². The van der Waals surface area contributed by atoms with Crippen LogP contribution in [0.3, 0.4) is 0 Å². The summed E-state index contributed by atoms with van der Waals surface area (Å²) in [5.41, 5.74) is 0. The van der Waals surface area contributed by atoms with E-state index in [1.807, 2.05) is 0 Å². The second kappa shape index (κ2) is 12.9.